The van der Waals surface area contributed by atoms with Crippen LogP contribution in [0.1, 0.15) is 36.3 Å². The highest BCUT2D eigenvalue weighted by molar-refractivity contribution is 5.73. The molecule has 2 heterocycles. The van der Waals surface area contributed by atoms with Crippen LogP contribution in [0.4, 0.5) is 11.6 Å². The molecular formula is C18H21N5O. The van der Waals surface area contributed by atoms with Crippen molar-refractivity contribution in [1.29, 1.82) is 0 Å². The summed E-state index contributed by atoms with van der Waals surface area (Å²) in [7, 11) is 0. The molecule has 1 aliphatic carbocycles. The van der Waals surface area contributed by atoms with Crippen LogP contribution in [0.5, 0.6) is 0 Å². The number of aromatic nitrogens is 2. The molecule has 0 amide bonds. The fourth-order valence-corrected chi connectivity index (χ4v) is 2.83. The zero-order chi connectivity index (χ0) is 16.4. The number of anilines is 2. The fraction of sp³-hybridized carbons (Fsp3) is 0.389. The van der Waals surface area contributed by atoms with E-state index >= 15 is 0 Å². The van der Waals surface area contributed by atoms with Crippen molar-refractivity contribution >= 4 is 17.7 Å². The first-order chi connectivity index (χ1) is 11.8. The Morgan fingerprint density at radius 3 is 2.50 bits per heavy atom. The van der Waals surface area contributed by atoms with Gasteiger partial charge in [0, 0.05) is 18.1 Å². The summed E-state index contributed by atoms with van der Waals surface area (Å²) in [6.45, 7) is 0.597. The number of amidine groups is 1. The number of rotatable bonds is 6. The molecule has 1 fully saturated rings. The minimum atomic E-state index is 0.182. The van der Waals surface area contributed by atoms with Crippen molar-refractivity contribution in [2.75, 3.05) is 11.9 Å². The van der Waals surface area contributed by atoms with Gasteiger partial charge in [-0.25, -0.2) is 15.0 Å². The molecule has 1 saturated carbocycles. The van der Waals surface area contributed by atoms with Crippen molar-refractivity contribution in [2.24, 2.45) is 10.7 Å². The van der Waals surface area contributed by atoms with E-state index in [9.17, 15) is 0 Å². The van der Waals surface area contributed by atoms with Gasteiger partial charge in [0.1, 0.15) is 6.61 Å². The first-order valence-electron chi connectivity index (χ1n) is 8.40. The van der Waals surface area contributed by atoms with Crippen LogP contribution in [0, 0.1) is 0 Å². The summed E-state index contributed by atoms with van der Waals surface area (Å²) in [5.41, 5.74) is 9.03. The van der Waals surface area contributed by atoms with Crippen molar-refractivity contribution in [3.63, 3.8) is 0 Å². The van der Waals surface area contributed by atoms with Crippen LogP contribution in [-0.2, 0) is 11.2 Å². The number of nitrogens with one attached hydrogen (secondary N) is 1. The third kappa shape index (κ3) is 3.64. The molecule has 1 aromatic carbocycles. The predicted octanol–water partition coefficient (Wildman–Crippen LogP) is 2.74. The van der Waals surface area contributed by atoms with E-state index in [2.05, 4.69) is 44.5 Å². The van der Waals surface area contributed by atoms with Crippen LogP contribution >= 0.6 is 0 Å². The van der Waals surface area contributed by atoms with Gasteiger partial charge in [-0.1, -0.05) is 12.1 Å². The second-order valence-corrected chi connectivity index (χ2v) is 6.41. The van der Waals surface area contributed by atoms with Gasteiger partial charge < -0.3 is 15.8 Å². The van der Waals surface area contributed by atoms with E-state index in [4.69, 9.17) is 10.5 Å². The van der Waals surface area contributed by atoms with Gasteiger partial charge in [0.2, 0.25) is 5.95 Å². The molecule has 2 aromatic rings. The van der Waals surface area contributed by atoms with Crippen LogP contribution < -0.4 is 11.1 Å². The van der Waals surface area contributed by atoms with E-state index in [0.29, 0.717) is 24.5 Å². The molecule has 24 heavy (non-hydrogen) atoms. The van der Waals surface area contributed by atoms with Crippen LogP contribution in [0.3, 0.4) is 0 Å². The number of nitrogens with zero attached hydrogens (tertiary/aromatic N) is 3. The minimum Gasteiger partial charge on any atom is -0.463 e. The molecule has 0 spiro atoms. The van der Waals surface area contributed by atoms with E-state index in [1.54, 1.807) is 0 Å². The maximum Gasteiger partial charge on any atom is 0.282 e. The van der Waals surface area contributed by atoms with Gasteiger partial charge in [0.15, 0.2) is 0 Å². The van der Waals surface area contributed by atoms with E-state index in [1.807, 2.05) is 12.4 Å². The van der Waals surface area contributed by atoms with Gasteiger partial charge in [-0.3, -0.25) is 0 Å². The Morgan fingerprint density at radius 2 is 1.88 bits per heavy atom. The highest BCUT2D eigenvalue weighted by Crippen LogP contribution is 2.39. The minimum absolute atomic E-state index is 0.182. The lowest BCUT2D eigenvalue weighted by molar-refractivity contribution is 0.308. The number of ether oxygens (including phenoxy) is 1. The Labute approximate surface area is 141 Å². The normalized spacial score (nSPS) is 19.7. The Morgan fingerprint density at radius 1 is 1.12 bits per heavy atom. The van der Waals surface area contributed by atoms with Gasteiger partial charge in [-0.15, -0.1) is 0 Å². The highest BCUT2D eigenvalue weighted by Gasteiger charge is 2.24. The van der Waals surface area contributed by atoms with Gasteiger partial charge in [0.05, 0.1) is 6.04 Å². The van der Waals surface area contributed by atoms with E-state index in [0.717, 1.165) is 18.5 Å². The van der Waals surface area contributed by atoms with Crippen LogP contribution in [0.15, 0.2) is 41.7 Å². The topological polar surface area (TPSA) is 85.4 Å². The molecule has 0 saturated heterocycles. The molecule has 6 heteroatoms. The van der Waals surface area contributed by atoms with Gasteiger partial charge >= 0.3 is 0 Å². The summed E-state index contributed by atoms with van der Waals surface area (Å²) < 4.78 is 5.17. The van der Waals surface area contributed by atoms with Gasteiger partial charge in [-0.2, -0.15) is 0 Å². The molecular weight excluding hydrogens is 302 g/mol. The maximum atomic E-state index is 5.52. The third-order valence-electron chi connectivity index (χ3n) is 4.43. The molecule has 1 aliphatic heterocycles. The van der Waals surface area contributed by atoms with Crippen LogP contribution in [0.2, 0.25) is 0 Å². The molecule has 4 rings (SSSR count). The maximum absolute atomic E-state index is 5.52. The molecule has 6 nitrogen and oxygen atoms in total. The van der Waals surface area contributed by atoms with E-state index in [1.165, 1.54) is 24.0 Å². The molecule has 2 aliphatic rings. The zero-order valence-corrected chi connectivity index (χ0v) is 13.5. The lowest BCUT2D eigenvalue weighted by atomic mass is 10.1. The van der Waals surface area contributed by atoms with Crippen molar-refractivity contribution in [3.05, 3.63) is 47.8 Å². The second-order valence-electron chi connectivity index (χ2n) is 6.41. The third-order valence-corrected chi connectivity index (χ3v) is 4.43. The molecule has 3 N–H and O–H groups in total. The number of nitrogens with two attached hydrogens (primary N) is 1. The predicted molar refractivity (Wildman–Crippen MR) is 93.4 cm³/mol. The summed E-state index contributed by atoms with van der Waals surface area (Å²) in [5.74, 6) is 1.32. The Balaban J connectivity index is 1.31. The van der Waals surface area contributed by atoms with Crippen LogP contribution in [0.25, 0.3) is 0 Å². The monoisotopic (exact) mass is 323 g/mol. The van der Waals surface area contributed by atoms with E-state index in [-0.39, 0.29) is 6.04 Å². The average molecular weight is 323 g/mol. The summed E-state index contributed by atoms with van der Waals surface area (Å²) in [6, 6.07) is 8.83. The smallest absolute Gasteiger partial charge is 0.282 e. The Kier molecular flexibility index (Phi) is 4.02. The Bertz CT molecular complexity index is 722. The lowest BCUT2D eigenvalue weighted by Crippen LogP contribution is -2.10. The second kappa shape index (κ2) is 6.47. The molecule has 1 aromatic heterocycles. The number of benzene rings is 1. The number of aliphatic imine (C=N–C) groups is 1. The van der Waals surface area contributed by atoms with E-state index < -0.39 is 0 Å². The SMILES string of the molecule is NC1=N[C@@H](CCc2ccc(Nc3ncc(C4CC4)cn3)cc2)CO1. The van der Waals surface area contributed by atoms with Crippen molar-refractivity contribution < 1.29 is 4.74 Å². The first-order valence-corrected chi connectivity index (χ1v) is 8.40. The molecule has 0 bridgehead atoms. The Hall–Kier alpha value is -2.63. The van der Waals surface area contributed by atoms with Gasteiger partial charge in [0.25, 0.3) is 6.02 Å². The highest BCUT2D eigenvalue weighted by atomic mass is 16.5. The number of aryl methyl sites for hydroxylation is 1. The largest absolute Gasteiger partial charge is 0.463 e. The fourth-order valence-electron chi connectivity index (χ4n) is 2.83. The summed E-state index contributed by atoms with van der Waals surface area (Å²) in [6.07, 6.45) is 8.29. The lowest BCUT2D eigenvalue weighted by Gasteiger charge is -2.08. The molecule has 0 radical (unpaired) electrons. The first kappa shape index (κ1) is 14.9. The van der Waals surface area contributed by atoms with Crippen LogP contribution in [-0.4, -0.2) is 28.6 Å². The summed E-state index contributed by atoms with van der Waals surface area (Å²) in [5, 5.41) is 3.24. The van der Waals surface area contributed by atoms with Gasteiger partial charge in [-0.05, 0) is 54.9 Å². The number of hydrogen-bond acceptors (Lipinski definition) is 6. The quantitative estimate of drug-likeness (QED) is 0.854. The molecule has 0 unspecified atom stereocenters. The summed E-state index contributed by atoms with van der Waals surface area (Å²) in [4.78, 5) is 13.0. The average Bonchev–Trinajstić information content (AvgIpc) is 3.37. The molecule has 1 atom stereocenters. The number of hydrogen-bond donors (Lipinski definition) is 2. The van der Waals surface area contributed by atoms with Crippen molar-refractivity contribution in [3.8, 4) is 0 Å². The summed E-state index contributed by atoms with van der Waals surface area (Å²) >= 11 is 0. The standard InChI is InChI=1S/C18H21N5O/c19-17-22-16(11-24-17)8-3-12-1-6-15(7-2-12)23-18-20-9-14(10-21-18)13-4-5-13/h1-2,6-7,9-10,13,16H,3-5,8,11H2,(H2,19,22)(H,20,21,23)/t16-/m0/s1. The zero-order valence-electron chi connectivity index (χ0n) is 13.5. The van der Waals surface area contributed by atoms with Crippen molar-refractivity contribution in [1.82, 2.24) is 9.97 Å². The van der Waals surface area contributed by atoms with Crippen molar-refractivity contribution in [2.45, 2.75) is 37.6 Å². The molecule has 124 valence electrons.